The van der Waals surface area contributed by atoms with Gasteiger partial charge in [-0.1, -0.05) is 24.3 Å². The van der Waals surface area contributed by atoms with E-state index in [1.165, 1.54) is 6.42 Å². The third-order valence-corrected chi connectivity index (χ3v) is 8.62. The van der Waals surface area contributed by atoms with E-state index in [1.807, 2.05) is 24.3 Å². The predicted molar refractivity (Wildman–Crippen MR) is 150 cm³/mol. The van der Waals surface area contributed by atoms with Crippen LogP contribution in [0.5, 0.6) is 11.8 Å². The molecule has 8 nitrogen and oxygen atoms in total. The molecular weight excluding hydrogens is 495 g/mol. The highest BCUT2D eigenvalue weighted by atomic mass is 19.1. The Morgan fingerprint density at radius 2 is 1.90 bits per heavy atom. The number of nitrogens with zero attached hydrogens (tertiary/aromatic N) is 5. The summed E-state index contributed by atoms with van der Waals surface area (Å²) in [6.07, 6.45) is 7.17. The monoisotopic (exact) mass is 528 g/mol. The average Bonchev–Trinajstić information content (AvgIpc) is 3.51. The van der Waals surface area contributed by atoms with E-state index in [1.54, 1.807) is 18.3 Å². The summed E-state index contributed by atoms with van der Waals surface area (Å²) in [5.74, 6) is 0.195. The number of rotatable bonds is 6. The summed E-state index contributed by atoms with van der Waals surface area (Å²) in [5.41, 5.74) is 0.867. The van der Waals surface area contributed by atoms with Crippen molar-refractivity contribution in [2.75, 3.05) is 38.2 Å². The number of hydrogen-bond acceptors (Lipinski definition) is 8. The fourth-order valence-corrected chi connectivity index (χ4v) is 6.61. The Labute approximate surface area is 226 Å². The van der Waals surface area contributed by atoms with E-state index in [-0.39, 0.29) is 23.0 Å². The van der Waals surface area contributed by atoms with Crippen molar-refractivity contribution >= 4 is 27.5 Å². The molecule has 3 aliphatic heterocycles. The molecule has 3 fully saturated rings. The normalized spacial score (nSPS) is 23.2. The summed E-state index contributed by atoms with van der Waals surface area (Å²) in [4.78, 5) is 18.6. The smallest absolute Gasteiger partial charge is 0.319 e. The fourth-order valence-electron chi connectivity index (χ4n) is 6.61. The summed E-state index contributed by atoms with van der Waals surface area (Å²) >= 11 is 0. The quantitative estimate of drug-likeness (QED) is 0.379. The second kappa shape index (κ2) is 9.88. The number of likely N-dealkylation sites (tertiary alicyclic amines) is 1. The molecule has 202 valence electrons. The molecule has 0 amide bonds. The number of halogens is 1. The summed E-state index contributed by atoms with van der Waals surface area (Å²) in [7, 11) is 2.15. The molecule has 4 aromatic rings. The number of anilines is 1. The van der Waals surface area contributed by atoms with Crippen LogP contribution in [0.4, 0.5) is 10.2 Å². The van der Waals surface area contributed by atoms with E-state index in [4.69, 9.17) is 9.72 Å². The molecule has 3 unspecified atom stereocenters. The van der Waals surface area contributed by atoms with Gasteiger partial charge in [-0.2, -0.15) is 9.97 Å². The Bertz CT molecular complexity index is 1540. The van der Waals surface area contributed by atoms with Gasteiger partial charge in [-0.25, -0.2) is 4.39 Å². The Kier molecular flexibility index (Phi) is 6.20. The molecule has 2 aromatic carbocycles. The van der Waals surface area contributed by atoms with Crippen molar-refractivity contribution in [2.24, 2.45) is 0 Å². The largest absolute Gasteiger partial charge is 0.508 e. The van der Waals surface area contributed by atoms with E-state index < -0.39 is 5.82 Å². The molecule has 9 heteroatoms. The van der Waals surface area contributed by atoms with Crippen LogP contribution < -0.4 is 15.0 Å². The van der Waals surface area contributed by atoms with E-state index >= 15 is 4.39 Å². The number of pyridine rings is 1. The summed E-state index contributed by atoms with van der Waals surface area (Å²) in [6.45, 7) is 3.19. The van der Waals surface area contributed by atoms with Crippen LogP contribution in [0.25, 0.3) is 32.9 Å². The van der Waals surface area contributed by atoms with Gasteiger partial charge in [0.05, 0.1) is 12.0 Å². The van der Waals surface area contributed by atoms with Gasteiger partial charge in [0.25, 0.3) is 0 Å². The molecule has 3 atom stereocenters. The van der Waals surface area contributed by atoms with Gasteiger partial charge >= 0.3 is 6.01 Å². The van der Waals surface area contributed by atoms with Crippen molar-refractivity contribution in [3.8, 4) is 23.0 Å². The maximum atomic E-state index is 16.4. The summed E-state index contributed by atoms with van der Waals surface area (Å²) in [5, 5.41) is 16.2. The number of nitrogens with one attached hydrogen (secondary N) is 1. The molecule has 3 aliphatic rings. The SMILES string of the molecule is CN1CCCC1CCOc1nc(N2CC3CCC(C2)N3)c2cnc(-c3cc(O)cc4ccccc34)c(F)c2n1. The lowest BCUT2D eigenvalue weighted by atomic mass is 10.0. The highest BCUT2D eigenvalue weighted by molar-refractivity contribution is 5.99. The topological polar surface area (TPSA) is 86.6 Å². The third-order valence-electron chi connectivity index (χ3n) is 8.62. The van der Waals surface area contributed by atoms with Crippen molar-refractivity contribution in [3.63, 3.8) is 0 Å². The van der Waals surface area contributed by atoms with Crippen LogP contribution in [0.15, 0.2) is 42.6 Å². The number of fused-ring (bicyclic) bond motifs is 4. The fraction of sp³-hybridized carbons (Fsp3) is 0.433. The molecule has 0 radical (unpaired) electrons. The first-order chi connectivity index (χ1) is 19.0. The molecule has 2 aromatic heterocycles. The minimum absolute atomic E-state index is 0.0607. The van der Waals surface area contributed by atoms with Gasteiger partial charge in [-0.3, -0.25) is 4.98 Å². The number of benzene rings is 2. The zero-order valence-corrected chi connectivity index (χ0v) is 22.1. The summed E-state index contributed by atoms with van der Waals surface area (Å²) in [6, 6.07) is 12.3. The van der Waals surface area contributed by atoms with E-state index in [0.717, 1.165) is 56.1 Å². The van der Waals surface area contributed by atoms with Crippen molar-refractivity contribution in [1.82, 2.24) is 25.2 Å². The molecule has 5 heterocycles. The molecule has 3 saturated heterocycles. The van der Waals surface area contributed by atoms with Crippen LogP contribution >= 0.6 is 0 Å². The van der Waals surface area contributed by atoms with E-state index in [0.29, 0.717) is 41.5 Å². The molecule has 2 N–H and O–H groups in total. The second-order valence-electron chi connectivity index (χ2n) is 11.2. The lowest BCUT2D eigenvalue weighted by Gasteiger charge is -2.34. The lowest BCUT2D eigenvalue weighted by molar-refractivity contribution is 0.223. The van der Waals surface area contributed by atoms with Crippen molar-refractivity contribution in [3.05, 3.63) is 48.4 Å². The molecular formula is C30H33FN6O2. The van der Waals surface area contributed by atoms with Crippen molar-refractivity contribution < 1.29 is 14.2 Å². The molecule has 0 spiro atoms. The summed E-state index contributed by atoms with van der Waals surface area (Å²) < 4.78 is 22.5. The highest BCUT2D eigenvalue weighted by Gasteiger charge is 2.34. The Hall–Kier alpha value is -3.56. The van der Waals surface area contributed by atoms with Crippen LogP contribution in [0.3, 0.4) is 0 Å². The van der Waals surface area contributed by atoms with E-state index in [9.17, 15) is 5.11 Å². The average molecular weight is 529 g/mol. The third kappa shape index (κ3) is 4.53. The molecule has 7 rings (SSSR count). The standard InChI is InChI=1S/C30H33FN6O2/c1-36-11-4-6-21(36)10-12-39-30-34-28-25(29(35-30)37-16-19-8-9-20(17-37)33-19)15-32-27(26(28)31)24-14-22(38)13-18-5-2-3-7-23(18)24/h2-3,5,7,13-15,19-21,33,38H,4,6,8-12,16-17H2,1H3. The van der Waals surface area contributed by atoms with E-state index in [2.05, 4.69) is 32.1 Å². The van der Waals surface area contributed by atoms with Crippen LogP contribution in [0.1, 0.15) is 32.1 Å². The second-order valence-corrected chi connectivity index (χ2v) is 11.2. The first-order valence-electron chi connectivity index (χ1n) is 14.0. The van der Waals surface area contributed by atoms with Crippen molar-refractivity contribution in [2.45, 2.75) is 50.2 Å². The Balaban J connectivity index is 1.31. The maximum Gasteiger partial charge on any atom is 0.319 e. The zero-order chi connectivity index (χ0) is 26.5. The highest BCUT2D eigenvalue weighted by Crippen LogP contribution is 2.37. The van der Waals surface area contributed by atoms with Crippen LogP contribution in [0.2, 0.25) is 0 Å². The Morgan fingerprint density at radius 1 is 1.08 bits per heavy atom. The maximum absolute atomic E-state index is 16.4. The molecule has 0 aliphatic carbocycles. The first kappa shape index (κ1) is 24.5. The van der Waals surface area contributed by atoms with Crippen LogP contribution in [0, 0.1) is 5.82 Å². The van der Waals surface area contributed by atoms with Gasteiger partial charge in [0, 0.05) is 43.0 Å². The van der Waals surface area contributed by atoms with Gasteiger partial charge < -0.3 is 25.0 Å². The number of hydrogen-bond donors (Lipinski definition) is 2. The number of aromatic hydroxyl groups is 1. The lowest BCUT2D eigenvalue weighted by Crippen LogP contribution is -2.51. The van der Waals surface area contributed by atoms with Gasteiger partial charge in [-0.15, -0.1) is 0 Å². The predicted octanol–water partition coefficient (Wildman–Crippen LogP) is 4.49. The van der Waals surface area contributed by atoms with Crippen molar-refractivity contribution in [1.29, 1.82) is 0 Å². The van der Waals surface area contributed by atoms with Gasteiger partial charge in [-0.05, 0) is 68.6 Å². The van der Waals surface area contributed by atoms with Crippen LogP contribution in [-0.2, 0) is 0 Å². The number of ether oxygens (including phenoxy) is 1. The first-order valence-corrected chi connectivity index (χ1v) is 14.0. The van der Waals surface area contributed by atoms with Crippen LogP contribution in [-0.4, -0.2) is 76.4 Å². The zero-order valence-electron chi connectivity index (χ0n) is 22.1. The number of phenols is 1. The molecule has 2 bridgehead atoms. The Morgan fingerprint density at radius 3 is 2.69 bits per heavy atom. The minimum atomic E-state index is -0.537. The number of piperazine rings is 1. The van der Waals surface area contributed by atoms with Gasteiger partial charge in [0.15, 0.2) is 5.82 Å². The molecule has 39 heavy (non-hydrogen) atoms. The molecule has 0 saturated carbocycles. The minimum Gasteiger partial charge on any atom is -0.508 e. The van der Waals surface area contributed by atoms with Gasteiger partial charge in [0.2, 0.25) is 0 Å². The van der Waals surface area contributed by atoms with Gasteiger partial charge in [0.1, 0.15) is 22.8 Å². The number of aromatic nitrogens is 3. The number of phenolic OH excluding ortho intramolecular Hbond substituents is 1.